The lowest BCUT2D eigenvalue weighted by Gasteiger charge is -2.18. The van der Waals surface area contributed by atoms with Crippen molar-refractivity contribution >= 4 is 34.2 Å². The summed E-state index contributed by atoms with van der Waals surface area (Å²) in [6.45, 7) is 1.84. The van der Waals surface area contributed by atoms with E-state index in [9.17, 15) is 4.79 Å². The van der Waals surface area contributed by atoms with Gasteiger partial charge >= 0.3 is 0 Å². The molecule has 0 fully saturated rings. The van der Waals surface area contributed by atoms with Crippen molar-refractivity contribution in [1.29, 1.82) is 0 Å². The number of nitrogens with zero attached hydrogens (tertiary/aromatic N) is 5. The molecule has 3 heterocycles. The van der Waals surface area contributed by atoms with Crippen molar-refractivity contribution in [1.82, 2.24) is 19.7 Å². The van der Waals surface area contributed by atoms with E-state index in [2.05, 4.69) is 15.1 Å². The highest BCUT2D eigenvalue weighted by Crippen LogP contribution is 2.30. The van der Waals surface area contributed by atoms with Gasteiger partial charge in [0.15, 0.2) is 11.5 Å². The van der Waals surface area contributed by atoms with Crippen molar-refractivity contribution in [2.24, 2.45) is 0 Å². The third kappa shape index (κ3) is 2.94. The minimum atomic E-state index is -0.231. The van der Waals surface area contributed by atoms with Crippen LogP contribution in [0.5, 0.6) is 0 Å². The van der Waals surface area contributed by atoms with E-state index in [1.807, 2.05) is 55.5 Å². The Hall–Kier alpha value is -3.25. The normalized spacial score (nSPS) is 10.9. The molecular weight excluding hydrogens is 362 g/mol. The van der Waals surface area contributed by atoms with Crippen molar-refractivity contribution in [3.8, 4) is 5.82 Å². The summed E-state index contributed by atoms with van der Waals surface area (Å²) in [5.41, 5.74) is 2.36. The molecule has 0 saturated carbocycles. The summed E-state index contributed by atoms with van der Waals surface area (Å²) in [6.07, 6.45) is 3.18. The molecule has 1 amide bonds. The zero-order valence-corrected chi connectivity index (χ0v) is 15.6. The summed E-state index contributed by atoms with van der Waals surface area (Å²) in [6, 6.07) is 14.9. The first-order valence-electron chi connectivity index (χ1n) is 8.36. The Morgan fingerprint density at radius 2 is 1.81 bits per heavy atom. The van der Waals surface area contributed by atoms with Crippen molar-refractivity contribution < 1.29 is 4.79 Å². The summed E-state index contributed by atoms with van der Waals surface area (Å²) in [4.78, 5) is 23.3. The van der Waals surface area contributed by atoms with Crippen molar-refractivity contribution in [2.45, 2.75) is 6.92 Å². The number of para-hydroxylation sites is 1. The first-order valence-corrected chi connectivity index (χ1v) is 8.74. The number of pyridine rings is 2. The number of carbonyl (C=O) groups is 1. The maximum absolute atomic E-state index is 13.0. The summed E-state index contributed by atoms with van der Waals surface area (Å²) >= 11 is 6.61. The SMILES string of the molecule is Cc1nn(-c2ccccn2)c2ncc(C(=O)N(C)c3ccccc3)c(Cl)c12. The Balaban J connectivity index is 1.82. The highest BCUT2D eigenvalue weighted by atomic mass is 35.5. The number of anilines is 1. The maximum atomic E-state index is 13.0. The van der Waals surface area contributed by atoms with Crippen LogP contribution in [-0.4, -0.2) is 32.7 Å². The number of carbonyl (C=O) groups excluding carboxylic acids is 1. The topological polar surface area (TPSA) is 63.9 Å². The van der Waals surface area contributed by atoms with Gasteiger partial charge in [-0.15, -0.1) is 0 Å². The molecule has 3 aromatic heterocycles. The molecule has 4 aromatic rings. The molecule has 1 aromatic carbocycles. The number of fused-ring (bicyclic) bond motifs is 1. The number of aryl methyl sites for hydroxylation is 1. The molecule has 7 heteroatoms. The minimum absolute atomic E-state index is 0.231. The number of rotatable bonds is 3. The van der Waals surface area contributed by atoms with E-state index in [1.54, 1.807) is 22.8 Å². The molecule has 134 valence electrons. The molecule has 0 unspecified atom stereocenters. The lowest BCUT2D eigenvalue weighted by Crippen LogP contribution is -2.26. The fourth-order valence-electron chi connectivity index (χ4n) is 2.95. The Morgan fingerprint density at radius 1 is 1.07 bits per heavy atom. The summed E-state index contributed by atoms with van der Waals surface area (Å²) < 4.78 is 1.63. The molecule has 27 heavy (non-hydrogen) atoms. The molecule has 0 spiro atoms. The van der Waals surface area contributed by atoms with Crippen LogP contribution in [0.1, 0.15) is 16.1 Å². The first kappa shape index (κ1) is 17.2. The average molecular weight is 378 g/mol. The largest absolute Gasteiger partial charge is 0.311 e. The summed E-state index contributed by atoms with van der Waals surface area (Å²) in [5.74, 6) is 0.408. The highest BCUT2D eigenvalue weighted by molar-refractivity contribution is 6.39. The van der Waals surface area contributed by atoms with Crippen LogP contribution in [0, 0.1) is 6.92 Å². The quantitative estimate of drug-likeness (QED) is 0.540. The number of aromatic nitrogens is 4. The van der Waals surface area contributed by atoms with Crippen molar-refractivity contribution in [3.63, 3.8) is 0 Å². The van der Waals surface area contributed by atoms with Gasteiger partial charge in [0.1, 0.15) is 0 Å². The number of amides is 1. The molecule has 4 rings (SSSR count). The zero-order valence-electron chi connectivity index (χ0n) is 14.8. The van der Waals surface area contributed by atoms with Crippen LogP contribution < -0.4 is 4.90 Å². The molecule has 0 N–H and O–H groups in total. The van der Waals surface area contributed by atoms with Crippen LogP contribution >= 0.6 is 11.6 Å². The number of benzene rings is 1. The average Bonchev–Trinajstić information content (AvgIpc) is 3.06. The fraction of sp³-hybridized carbons (Fsp3) is 0.100. The van der Waals surface area contributed by atoms with Crippen LogP contribution in [0.3, 0.4) is 0 Å². The van der Waals surface area contributed by atoms with Gasteiger partial charge in [0.2, 0.25) is 0 Å². The fourth-order valence-corrected chi connectivity index (χ4v) is 3.30. The Labute approximate surface area is 161 Å². The van der Waals surface area contributed by atoms with E-state index in [-0.39, 0.29) is 5.91 Å². The lowest BCUT2D eigenvalue weighted by molar-refractivity contribution is 0.0993. The Kier molecular flexibility index (Phi) is 4.33. The van der Waals surface area contributed by atoms with Crippen LogP contribution in [0.15, 0.2) is 60.9 Å². The number of hydrogen-bond acceptors (Lipinski definition) is 4. The van der Waals surface area contributed by atoms with Crippen LogP contribution in [0.4, 0.5) is 5.69 Å². The molecular formula is C20H16ClN5O. The predicted molar refractivity (Wildman–Crippen MR) is 106 cm³/mol. The highest BCUT2D eigenvalue weighted by Gasteiger charge is 2.22. The first-order chi connectivity index (χ1) is 13.1. The predicted octanol–water partition coefficient (Wildman–Crippen LogP) is 4.05. The van der Waals surface area contributed by atoms with Crippen molar-refractivity contribution in [3.05, 3.63) is 77.2 Å². The minimum Gasteiger partial charge on any atom is -0.311 e. The van der Waals surface area contributed by atoms with E-state index in [0.717, 1.165) is 5.69 Å². The maximum Gasteiger partial charge on any atom is 0.261 e. The standard InChI is InChI=1S/C20H16ClN5O/c1-13-17-18(21)15(20(27)25(2)14-8-4-3-5-9-14)12-23-19(17)26(24-13)16-10-6-7-11-22-16/h3-12H,1-2H3. The lowest BCUT2D eigenvalue weighted by atomic mass is 10.1. The molecule has 0 aliphatic carbocycles. The molecule has 6 nitrogen and oxygen atoms in total. The Morgan fingerprint density at radius 3 is 2.52 bits per heavy atom. The smallest absolute Gasteiger partial charge is 0.261 e. The van der Waals surface area contributed by atoms with Crippen molar-refractivity contribution in [2.75, 3.05) is 11.9 Å². The third-order valence-electron chi connectivity index (χ3n) is 4.35. The van der Waals surface area contributed by atoms with E-state index in [1.165, 1.54) is 6.20 Å². The second kappa shape index (κ2) is 6.81. The molecule has 0 bridgehead atoms. The summed E-state index contributed by atoms with van der Waals surface area (Å²) in [5, 5.41) is 5.49. The van der Waals surface area contributed by atoms with E-state index in [0.29, 0.717) is 33.1 Å². The van der Waals surface area contributed by atoms with Gasteiger partial charge < -0.3 is 4.90 Å². The van der Waals surface area contributed by atoms with Gasteiger partial charge in [-0.2, -0.15) is 9.78 Å². The number of hydrogen-bond donors (Lipinski definition) is 0. The van der Waals surface area contributed by atoms with Gasteiger partial charge in [-0.05, 0) is 31.2 Å². The van der Waals surface area contributed by atoms with Crippen LogP contribution in [0.2, 0.25) is 5.02 Å². The molecule has 0 radical (unpaired) electrons. The van der Waals surface area contributed by atoms with Gasteiger partial charge in [0, 0.05) is 25.1 Å². The molecule has 0 aliphatic rings. The zero-order chi connectivity index (χ0) is 19.0. The van der Waals surface area contributed by atoms with Crippen LogP contribution in [0.25, 0.3) is 16.9 Å². The monoisotopic (exact) mass is 377 g/mol. The second-order valence-corrected chi connectivity index (χ2v) is 6.45. The van der Waals surface area contributed by atoms with E-state index < -0.39 is 0 Å². The number of halogens is 1. The van der Waals surface area contributed by atoms with Gasteiger partial charge in [-0.3, -0.25) is 4.79 Å². The third-order valence-corrected chi connectivity index (χ3v) is 4.75. The van der Waals surface area contributed by atoms with Gasteiger partial charge in [-0.25, -0.2) is 9.97 Å². The molecule has 0 aliphatic heterocycles. The van der Waals surface area contributed by atoms with Gasteiger partial charge in [0.25, 0.3) is 5.91 Å². The second-order valence-electron chi connectivity index (χ2n) is 6.07. The van der Waals surface area contributed by atoms with Gasteiger partial charge in [0.05, 0.1) is 21.7 Å². The molecule has 0 saturated heterocycles. The van der Waals surface area contributed by atoms with Crippen LogP contribution in [-0.2, 0) is 0 Å². The summed E-state index contributed by atoms with van der Waals surface area (Å²) in [7, 11) is 1.71. The van der Waals surface area contributed by atoms with Gasteiger partial charge in [-0.1, -0.05) is 35.9 Å². The Bertz CT molecular complexity index is 1130. The van der Waals surface area contributed by atoms with E-state index >= 15 is 0 Å². The molecule has 0 atom stereocenters. The van der Waals surface area contributed by atoms with E-state index in [4.69, 9.17) is 11.6 Å².